The molecule has 2 aliphatic rings. The Morgan fingerprint density at radius 1 is 1.24 bits per heavy atom. The topological polar surface area (TPSA) is 32.3 Å². The van der Waals surface area contributed by atoms with E-state index < -0.39 is 0 Å². The molecule has 1 unspecified atom stereocenters. The molecule has 0 saturated carbocycles. The van der Waals surface area contributed by atoms with E-state index in [0.717, 1.165) is 25.5 Å². The van der Waals surface area contributed by atoms with Crippen LogP contribution in [0.2, 0.25) is 5.28 Å². The molecule has 4 nitrogen and oxygen atoms in total. The summed E-state index contributed by atoms with van der Waals surface area (Å²) in [5, 5.41) is 0.341. The lowest BCUT2D eigenvalue weighted by atomic mass is 9.99. The maximum atomic E-state index is 5.84. The van der Waals surface area contributed by atoms with Crippen LogP contribution in [0.15, 0.2) is 12.3 Å². The number of hydrogen-bond donors (Lipinski definition) is 0. The predicted molar refractivity (Wildman–Crippen MR) is 68.5 cm³/mol. The van der Waals surface area contributed by atoms with E-state index >= 15 is 0 Å². The maximum absolute atomic E-state index is 5.84. The van der Waals surface area contributed by atoms with Crippen molar-refractivity contribution in [3.05, 3.63) is 17.5 Å². The molecule has 5 heteroatoms. The summed E-state index contributed by atoms with van der Waals surface area (Å²) >= 11 is 5.84. The SMILES string of the molecule is Clc1nccc(N2CCN3CCCCC3C2)n1. The molecule has 0 amide bonds. The van der Waals surface area contributed by atoms with Crippen molar-refractivity contribution in [2.45, 2.75) is 25.3 Å². The van der Waals surface area contributed by atoms with Crippen LogP contribution in [-0.2, 0) is 0 Å². The van der Waals surface area contributed by atoms with Crippen molar-refractivity contribution in [1.29, 1.82) is 0 Å². The third kappa shape index (κ3) is 2.38. The molecule has 3 heterocycles. The van der Waals surface area contributed by atoms with Crippen molar-refractivity contribution in [3.63, 3.8) is 0 Å². The van der Waals surface area contributed by atoms with Gasteiger partial charge in [0, 0.05) is 31.9 Å². The number of anilines is 1. The smallest absolute Gasteiger partial charge is 0.224 e. The minimum Gasteiger partial charge on any atom is -0.354 e. The summed E-state index contributed by atoms with van der Waals surface area (Å²) in [7, 11) is 0. The fourth-order valence-electron chi connectivity index (χ4n) is 2.87. The third-order valence-electron chi connectivity index (χ3n) is 3.77. The highest BCUT2D eigenvalue weighted by molar-refractivity contribution is 6.28. The van der Waals surface area contributed by atoms with E-state index in [2.05, 4.69) is 19.8 Å². The Kier molecular flexibility index (Phi) is 3.16. The summed E-state index contributed by atoms with van der Waals surface area (Å²) in [6, 6.07) is 2.65. The van der Waals surface area contributed by atoms with E-state index in [4.69, 9.17) is 11.6 Å². The van der Waals surface area contributed by atoms with Crippen LogP contribution in [0.5, 0.6) is 0 Å². The standard InChI is InChI=1S/C12H17ClN4/c13-12-14-5-4-11(15-12)17-8-7-16-6-2-1-3-10(16)9-17/h4-5,10H,1-3,6-9H2. The molecule has 2 fully saturated rings. The van der Waals surface area contributed by atoms with Crippen LogP contribution in [0.4, 0.5) is 5.82 Å². The highest BCUT2D eigenvalue weighted by Gasteiger charge is 2.29. The number of aromatic nitrogens is 2. The lowest BCUT2D eigenvalue weighted by Crippen LogP contribution is -2.55. The van der Waals surface area contributed by atoms with Crippen LogP contribution in [0.25, 0.3) is 0 Å². The van der Waals surface area contributed by atoms with E-state index in [1.54, 1.807) is 6.20 Å². The van der Waals surface area contributed by atoms with E-state index in [0.29, 0.717) is 11.3 Å². The van der Waals surface area contributed by atoms with Crippen LogP contribution < -0.4 is 4.90 Å². The van der Waals surface area contributed by atoms with Crippen molar-refractivity contribution in [2.24, 2.45) is 0 Å². The summed E-state index contributed by atoms with van der Waals surface area (Å²) in [6.45, 7) is 4.53. The van der Waals surface area contributed by atoms with E-state index in [1.165, 1.54) is 25.8 Å². The quantitative estimate of drug-likeness (QED) is 0.714. The lowest BCUT2D eigenvalue weighted by molar-refractivity contribution is 0.133. The van der Waals surface area contributed by atoms with Gasteiger partial charge in [0.2, 0.25) is 5.28 Å². The number of rotatable bonds is 1. The van der Waals surface area contributed by atoms with Gasteiger partial charge < -0.3 is 4.90 Å². The Labute approximate surface area is 107 Å². The molecule has 0 radical (unpaired) electrons. The number of fused-ring (bicyclic) bond motifs is 1. The zero-order valence-electron chi connectivity index (χ0n) is 9.85. The van der Waals surface area contributed by atoms with Gasteiger partial charge in [0.05, 0.1) is 0 Å². The third-order valence-corrected chi connectivity index (χ3v) is 3.95. The summed E-state index contributed by atoms with van der Waals surface area (Å²) < 4.78 is 0. The van der Waals surface area contributed by atoms with Gasteiger partial charge in [0.1, 0.15) is 5.82 Å². The monoisotopic (exact) mass is 252 g/mol. The minimum absolute atomic E-state index is 0.341. The summed E-state index contributed by atoms with van der Waals surface area (Å²) in [5.74, 6) is 0.968. The minimum atomic E-state index is 0.341. The second kappa shape index (κ2) is 4.78. The first-order valence-electron chi connectivity index (χ1n) is 6.30. The van der Waals surface area contributed by atoms with Crippen molar-refractivity contribution in [1.82, 2.24) is 14.9 Å². The first-order chi connectivity index (χ1) is 8.33. The van der Waals surface area contributed by atoms with Crippen LogP contribution in [0.1, 0.15) is 19.3 Å². The molecule has 0 bridgehead atoms. The average molecular weight is 253 g/mol. The first-order valence-corrected chi connectivity index (χ1v) is 6.68. The summed E-state index contributed by atoms with van der Waals surface area (Å²) in [6.07, 6.45) is 5.77. The summed E-state index contributed by atoms with van der Waals surface area (Å²) in [5.41, 5.74) is 0. The molecule has 17 heavy (non-hydrogen) atoms. The molecule has 92 valence electrons. The number of halogens is 1. The molecule has 1 aromatic rings. The van der Waals surface area contributed by atoms with Gasteiger partial charge in [-0.05, 0) is 37.1 Å². The maximum Gasteiger partial charge on any atom is 0.224 e. The fraction of sp³-hybridized carbons (Fsp3) is 0.667. The molecule has 2 aliphatic heterocycles. The number of piperazine rings is 1. The van der Waals surface area contributed by atoms with Crippen LogP contribution in [-0.4, -0.2) is 47.1 Å². The Morgan fingerprint density at radius 2 is 2.18 bits per heavy atom. The molecule has 1 atom stereocenters. The van der Waals surface area contributed by atoms with E-state index in [9.17, 15) is 0 Å². The molecule has 0 spiro atoms. The second-order valence-corrected chi connectivity index (χ2v) is 5.15. The lowest BCUT2D eigenvalue weighted by Gasteiger charge is -2.44. The van der Waals surface area contributed by atoms with Gasteiger partial charge in [-0.1, -0.05) is 6.42 Å². The van der Waals surface area contributed by atoms with Gasteiger partial charge in [0.25, 0.3) is 0 Å². The number of hydrogen-bond acceptors (Lipinski definition) is 4. The molecule has 2 saturated heterocycles. The van der Waals surface area contributed by atoms with Crippen LogP contribution in [0, 0.1) is 0 Å². The van der Waals surface area contributed by atoms with Crippen molar-refractivity contribution < 1.29 is 0 Å². The zero-order chi connectivity index (χ0) is 11.7. The Bertz CT molecular complexity index is 398. The first kappa shape index (κ1) is 11.2. The number of piperidine rings is 1. The Balaban J connectivity index is 1.73. The fourth-order valence-corrected chi connectivity index (χ4v) is 3.01. The van der Waals surface area contributed by atoms with Crippen LogP contribution in [0.3, 0.4) is 0 Å². The zero-order valence-corrected chi connectivity index (χ0v) is 10.6. The van der Waals surface area contributed by atoms with Crippen molar-refractivity contribution in [2.75, 3.05) is 31.1 Å². The Morgan fingerprint density at radius 3 is 3.06 bits per heavy atom. The van der Waals surface area contributed by atoms with Crippen molar-refractivity contribution in [3.8, 4) is 0 Å². The molecule has 0 aliphatic carbocycles. The normalized spacial score (nSPS) is 25.7. The van der Waals surface area contributed by atoms with Crippen LogP contribution >= 0.6 is 11.6 Å². The average Bonchev–Trinajstić information content (AvgIpc) is 2.38. The summed E-state index contributed by atoms with van der Waals surface area (Å²) in [4.78, 5) is 13.2. The predicted octanol–water partition coefficient (Wildman–Crippen LogP) is 1.80. The molecule has 1 aromatic heterocycles. The van der Waals surface area contributed by atoms with Gasteiger partial charge in [-0.15, -0.1) is 0 Å². The highest BCUT2D eigenvalue weighted by atomic mass is 35.5. The second-order valence-electron chi connectivity index (χ2n) is 4.82. The Hall–Kier alpha value is -0.870. The molecule has 3 rings (SSSR count). The van der Waals surface area contributed by atoms with E-state index in [-0.39, 0.29) is 0 Å². The molecule has 0 aromatic carbocycles. The van der Waals surface area contributed by atoms with Crippen molar-refractivity contribution >= 4 is 17.4 Å². The highest BCUT2D eigenvalue weighted by Crippen LogP contribution is 2.24. The van der Waals surface area contributed by atoms with E-state index in [1.807, 2.05) is 6.07 Å². The van der Waals surface area contributed by atoms with Gasteiger partial charge in [-0.25, -0.2) is 9.97 Å². The van der Waals surface area contributed by atoms with Gasteiger partial charge >= 0.3 is 0 Å². The molecular formula is C12H17ClN4. The van der Waals surface area contributed by atoms with Gasteiger partial charge in [-0.2, -0.15) is 0 Å². The van der Waals surface area contributed by atoms with Gasteiger partial charge in [0.15, 0.2) is 0 Å². The molecular weight excluding hydrogens is 236 g/mol. The van der Waals surface area contributed by atoms with Gasteiger partial charge in [-0.3, -0.25) is 4.90 Å². The largest absolute Gasteiger partial charge is 0.354 e. The number of nitrogens with zero attached hydrogens (tertiary/aromatic N) is 4. The molecule has 0 N–H and O–H groups in total.